The smallest absolute Gasteiger partial charge is 0.384 e. The van der Waals surface area contributed by atoms with Crippen molar-refractivity contribution in [1.82, 2.24) is 19.7 Å². The molecule has 1 aliphatic heterocycles. The minimum absolute atomic E-state index is 0.115. The molecule has 1 saturated carbocycles. The zero-order valence-corrected chi connectivity index (χ0v) is 16.7. The molecule has 11 heteroatoms. The molecule has 166 valence electrons. The molecule has 2 fully saturated rings. The summed E-state index contributed by atoms with van der Waals surface area (Å²) in [6.45, 7) is 1.12. The van der Waals surface area contributed by atoms with Crippen molar-refractivity contribution in [3.05, 3.63) is 24.0 Å². The van der Waals surface area contributed by atoms with Crippen LogP contribution in [0.25, 0.3) is 11.0 Å². The van der Waals surface area contributed by atoms with Crippen molar-refractivity contribution in [3.8, 4) is 0 Å². The maximum Gasteiger partial charge on any atom is 0.414 e. The highest BCUT2D eigenvalue weighted by Crippen LogP contribution is 2.48. The fourth-order valence-electron chi connectivity index (χ4n) is 4.30. The molecule has 31 heavy (non-hydrogen) atoms. The van der Waals surface area contributed by atoms with Crippen LogP contribution in [0.3, 0.4) is 0 Å². The number of aliphatic hydroxyl groups excluding tert-OH is 1. The highest BCUT2D eigenvalue weighted by atomic mass is 19.4. The lowest BCUT2D eigenvalue weighted by Gasteiger charge is -2.27. The van der Waals surface area contributed by atoms with Crippen LogP contribution in [0.5, 0.6) is 0 Å². The van der Waals surface area contributed by atoms with Gasteiger partial charge in [-0.05, 0) is 37.3 Å². The van der Waals surface area contributed by atoms with Crippen LogP contribution in [-0.2, 0) is 16.1 Å². The molecule has 1 unspecified atom stereocenters. The van der Waals surface area contributed by atoms with E-state index in [4.69, 9.17) is 5.11 Å². The summed E-state index contributed by atoms with van der Waals surface area (Å²) >= 11 is 0. The molecule has 3 heterocycles. The number of hydrogen-bond acceptors (Lipinski definition) is 6. The fourth-order valence-corrected chi connectivity index (χ4v) is 4.30. The Kier molecular flexibility index (Phi) is 5.32. The predicted molar refractivity (Wildman–Crippen MR) is 101 cm³/mol. The Labute approximate surface area is 175 Å². The van der Waals surface area contributed by atoms with E-state index in [1.807, 2.05) is 0 Å². The number of nitrogens with zero attached hydrogens (tertiary/aromatic N) is 4. The first-order chi connectivity index (χ1) is 14.6. The first-order valence-electron chi connectivity index (χ1n) is 9.99. The van der Waals surface area contributed by atoms with E-state index in [0.29, 0.717) is 17.5 Å². The number of fused-ring (bicyclic) bond motifs is 2. The van der Waals surface area contributed by atoms with Gasteiger partial charge in [-0.1, -0.05) is 0 Å². The average molecular weight is 438 g/mol. The zero-order chi connectivity index (χ0) is 22.5. The quantitative estimate of drug-likeness (QED) is 0.662. The average Bonchev–Trinajstić information content (AvgIpc) is 3.21. The summed E-state index contributed by atoms with van der Waals surface area (Å²) in [5.41, 5.74) is 0.555. The minimum Gasteiger partial charge on any atom is -0.384 e. The number of piperidine rings is 1. The number of ketones is 2. The van der Waals surface area contributed by atoms with Gasteiger partial charge in [0.05, 0.1) is 11.4 Å². The van der Waals surface area contributed by atoms with Crippen LogP contribution >= 0.6 is 0 Å². The van der Waals surface area contributed by atoms with Gasteiger partial charge in [0.25, 0.3) is 0 Å². The van der Waals surface area contributed by atoms with E-state index in [0.717, 1.165) is 6.42 Å². The van der Waals surface area contributed by atoms with E-state index in [2.05, 4.69) is 10.1 Å². The molecular weight excluding hydrogens is 417 g/mol. The summed E-state index contributed by atoms with van der Waals surface area (Å²) in [6, 6.07) is 2.41. The number of aliphatic hydroxyl groups is 1. The maximum atomic E-state index is 13.1. The molecule has 0 radical (unpaired) electrons. The van der Waals surface area contributed by atoms with Gasteiger partial charge in [-0.3, -0.25) is 14.4 Å². The fraction of sp³-hybridized carbons (Fsp3) is 0.550. The lowest BCUT2D eigenvalue weighted by atomic mass is 10.0. The third kappa shape index (κ3) is 4.06. The Morgan fingerprint density at radius 3 is 2.71 bits per heavy atom. The molecule has 1 N–H and O–H groups in total. The normalized spacial score (nSPS) is 23.6. The minimum atomic E-state index is -4.78. The summed E-state index contributed by atoms with van der Waals surface area (Å²) in [5, 5.41) is 13.9. The van der Waals surface area contributed by atoms with Gasteiger partial charge in [-0.25, -0.2) is 9.67 Å². The summed E-state index contributed by atoms with van der Waals surface area (Å²) in [7, 11) is 0. The molecule has 4 atom stereocenters. The Hall–Kier alpha value is -2.82. The van der Waals surface area contributed by atoms with Gasteiger partial charge in [0, 0.05) is 25.6 Å². The summed E-state index contributed by atoms with van der Waals surface area (Å²) in [5.74, 6) is -1.00. The Morgan fingerprint density at radius 1 is 1.29 bits per heavy atom. The second kappa shape index (κ2) is 7.70. The van der Waals surface area contributed by atoms with Crippen LogP contribution in [0.2, 0.25) is 0 Å². The van der Waals surface area contributed by atoms with Crippen LogP contribution in [0.15, 0.2) is 18.3 Å². The van der Waals surface area contributed by atoms with E-state index < -0.39 is 42.9 Å². The monoisotopic (exact) mass is 438 g/mol. The number of halogens is 3. The van der Waals surface area contributed by atoms with E-state index in [1.54, 1.807) is 12.1 Å². The summed E-state index contributed by atoms with van der Waals surface area (Å²) < 4.78 is 38.9. The predicted octanol–water partition coefficient (Wildman–Crippen LogP) is 1.90. The van der Waals surface area contributed by atoms with Gasteiger partial charge in [0.2, 0.25) is 5.91 Å². The van der Waals surface area contributed by atoms with Gasteiger partial charge >= 0.3 is 6.18 Å². The van der Waals surface area contributed by atoms with E-state index in [9.17, 15) is 27.6 Å². The number of aromatic nitrogens is 3. The molecule has 4 rings (SSSR count). The number of carbonyl (C=O) groups is 3. The highest BCUT2D eigenvalue weighted by Gasteiger charge is 2.55. The van der Waals surface area contributed by atoms with Crippen molar-refractivity contribution in [2.24, 2.45) is 5.92 Å². The molecule has 0 spiro atoms. The second-order valence-corrected chi connectivity index (χ2v) is 8.12. The number of hydrogen-bond donors (Lipinski definition) is 1. The van der Waals surface area contributed by atoms with Crippen molar-refractivity contribution in [1.29, 1.82) is 0 Å². The molecule has 8 nitrogen and oxygen atoms in total. The van der Waals surface area contributed by atoms with Crippen LogP contribution in [-0.4, -0.2) is 66.6 Å². The number of amides is 1. The van der Waals surface area contributed by atoms with Gasteiger partial charge in [-0.2, -0.15) is 18.3 Å². The number of Topliss-reactive ketones (excluding diaryl/α,β-unsaturated/α-hetero) is 2. The third-order valence-electron chi connectivity index (χ3n) is 5.93. The lowest BCUT2D eigenvalue weighted by Crippen LogP contribution is -2.45. The van der Waals surface area contributed by atoms with Crippen molar-refractivity contribution >= 4 is 28.5 Å². The lowest BCUT2D eigenvalue weighted by molar-refractivity contribution is -0.205. The van der Waals surface area contributed by atoms with Gasteiger partial charge in [0.1, 0.15) is 18.3 Å². The summed E-state index contributed by atoms with van der Waals surface area (Å²) in [6.07, 6.45) is -5.87. The van der Waals surface area contributed by atoms with Crippen LogP contribution < -0.4 is 0 Å². The van der Waals surface area contributed by atoms with Crippen molar-refractivity contribution in [3.63, 3.8) is 0 Å². The number of likely N-dealkylation sites (tertiary alicyclic amines) is 1. The molecule has 2 aliphatic rings. The molecule has 0 bridgehead atoms. The first-order valence-corrected chi connectivity index (χ1v) is 9.99. The molecule has 1 amide bonds. The van der Waals surface area contributed by atoms with Crippen LogP contribution in [0.1, 0.15) is 43.1 Å². The second-order valence-electron chi connectivity index (χ2n) is 8.12. The largest absolute Gasteiger partial charge is 0.414 e. The van der Waals surface area contributed by atoms with E-state index >= 15 is 0 Å². The van der Waals surface area contributed by atoms with Gasteiger partial charge in [-0.15, -0.1) is 0 Å². The van der Waals surface area contributed by atoms with E-state index in [-0.39, 0.29) is 30.0 Å². The molecular formula is C20H21F3N4O4. The Morgan fingerprint density at radius 2 is 2.03 bits per heavy atom. The Balaban J connectivity index is 1.50. The van der Waals surface area contributed by atoms with E-state index in [1.165, 1.54) is 22.7 Å². The molecule has 2 aromatic heterocycles. The highest BCUT2D eigenvalue weighted by molar-refractivity contribution is 6.04. The molecule has 2 aromatic rings. The van der Waals surface area contributed by atoms with Crippen molar-refractivity contribution < 1.29 is 32.7 Å². The standard InChI is InChI=1S/C20H21F3N4O4/c1-10(28)18-12-3-2-6-24-19(12)26(25-18)9-17(31)27-13-7-11(13)8-14(27)15(29)4-5-16(30)20(21,22)23/h2-3,6,11,13-14,16,30H,4-5,7-9H2,1H3/t11-,13-,14+,16?/m1/s1. The van der Waals surface area contributed by atoms with Crippen LogP contribution in [0.4, 0.5) is 13.2 Å². The van der Waals surface area contributed by atoms with Crippen molar-refractivity contribution in [2.45, 2.75) is 63.5 Å². The van der Waals surface area contributed by atoms with Gasteiger partial charge in [0.15, 0.2) is 17.2 Å². The number of carbonyl (C=O) groups excluding carboxylic acids is 3. The SMILES string of the molecule is CC(=O)c1nn(CC(=O)N2[C@@H]3C[C@@H]3C[C@H]2C(=O)CCC(O)C(F)(F)F)c2ncccc12. The maximum absolute atomic E-state index is 13.1. The molecule has 1 aliphatic carbocycles. The van der Waals surface area contributed by atoms with Gasteiger partial charge < -0.3 is 10.0 Å². The molecule has 1 saturated heterocycles. The first kappa shape index (κ1) is 21.4. The number of rotatable bonds is 7. The number of alkyl halides is 3. The third-order valence-corrected chi connectivity index (χ3v) is 5.93. The summed E-state index contributed by atoms with van der Waals surface area (Å²) in [4.78, 5) is 43.1. The topological polar surface area (TPSA) is 105 Å². The Bertz CT molecular complexity index is 1050. The van der Waals surface area contributed by atoms with Crippen LogP contribution in [0, 0.1) is 5.92 Å². The van der Waals surface area contributed by atoms with Crippen molar-refractivity contribution in [2.75, 3.05) is 0 Å². The molecule has 0 aromatic carbocycles. The zero-order valence-electron chi connectivity index (χ0n) is 16.7. The number of pyridine rings is 1.